The Kier molecular flexibility index (Phi) is 5.20. The van der Waals surface area contributed by atoms with Gasteiger partial charge in [-0.2, -0.15) is 0 Å². The molecule has 0 aromatic heterocycles. The van der Waals surface area contributed by atoms with Gasteiger partial charge >= 0.3 is 0 Å². The summed E-state index contributed by atoms with van der Waals surface area (Å²) >= 11 is 0. The molecule has 0 aliphatic carbocycles. The molecule has 5 nitrogen and oxygen atoms in total. The second-order valence-electron chi connectivity index (χ2n) is 3.71. The molecule has 2 N–H and O–H groups in total. The minimum atomic E-state index is -0.408. The van der Waals surface area contributed by atoms with Crippen LogP contribution >= 0.6 is 0 Å². The van der Waals surface area contributed by atoms with Crippen LogP contribution in [0.4, 0.5) is 0 Å². The Labute approximate surface area is 106 Å². The van der Waals surface area contributed by atoms with Crippen molar-refractivity contribution in [2.75, 3.05) is 26.8 Å². The van der Waals surface area contributed by atoms with Crippen LogP contribution < -0.4 is 0 Å². The van der Waals surface area contributed by atoms with E-state index < -0.39 is 5.75 Å². The van der Waals surface area contributed by atoms with E-state index in [2.05, 4.69) is 6.58 Å². The zero-order chi connectivity index (χ0) is 13.5. The van der Waals surface area contributed by atoms with Gasteiger partial charge in [0, 0.05) is 20.2 Å². The van der Waals surface area contributed by atoms with E-state index in [0.29, 0.717) is 19.7 Å². The first kappa shape index (κ1) is 14.1. The van der Waals surface area contributed by atoms with Gasteiger partial charge in [0.1, 0.15) is 0 Å². The molecule has 0 aliphatic heterocycles. The molecule has 0 unspecified atom stereocenters. The molecular formula is C13H17NO4. The van der Waals surface area contributed by atoms with Crippen molar-refractivity contribution in [1.29, 1.82) is 0 Å². The van der Waals surface area contributed by atoms with Gasteiger partial charge in [0.25, 0.3) is 5.91 Å². The average molecular weight is 251 g/mol. The summed E-state index contributed by atoms with van der Waals surface area (Å²) in [7, 11) is 1.54. The molecule has 18 heavy (non-hydrogen) atoms. The fourth-order valence-electron chi connectivity index (χ4n) is 1.51. The first-order valence-corrected chi connectivity index (χ1v) is 5.51. The number of hydrogen-bond acceptors (Lipinski definition) is 4. The number of carbonyl (C=O) groups is 1. The number of aromatic hydroxyl groups is 2. The third-order valence-electron chi connectivity index (χ3n) is 2.45. The molecule has 1 rings (SSSR count). The molecule has 1 aromatic carbocycles. The van der Waals surface area contributed by atoms with Gasteiger partial charge in [0.15, 0.2) is 11.5 Å². The number of rotatable bonds is 6. The second kappa shape index (κ2) is 6.66. The van der Waals surface area contributed by atoms with Crippen LogP contribution in [-0.4, -0.2) is 47.8 Å². The number of ether oxygens (including phenoxy) is 1. The van der Waals surface area contributed by atoms with E-state index >= 15 is 0 Å². The van der Waals surface area contributed by atoms with Crippen molar-refractivity contribution in [3.8, 4) is 11.5 Å². The van der Waals surface area contributed by atoms with Crippen LogP contribution in [0.25, 0.3) is 0 Å². The highest BCUT2D eigenvalue weighted by molar-refractivity contribution is 5.97. The molecule has 1 amide bonds. The maximum atomic E-state index is 12.2. The predicted molar refractivity (Wildman–Crippen MR) is 67.7 cm³/mol. The lowest BCUT2D eigenvalue weighted by atomic mass is 10.1. The van der Waals surface area contributed by atoms with Crippen LogP contribution in [0, 0.1) is 0 Å². The van der Waals surface area contributed by atoms with Gasteiger partial charge in [0.2, 0.25) is 0 Å². The van der Waals surface area contributed by atoms with Crippen molar-refractivity contribution in [2.45, 2.75) is 0 Å². The van der Waals surface area contributed by atoms with Gasteiger partial charge in [-0.15, -0.1) is 6.58 Å². The van der Waals surface area contributed by atoms with Gasteiger partial charge in [0.05, 0.1) is 12.2 Å². The smallest absolute Gasteiger partial charge is 0.258 e. The lowest BCUT2D eigenvalue weighted by Gasteiger charge is -2.21. The summed E-state index contributed by atoms with van der Waals surface area (Å²) in [5.41, 5.74) is 0.0629. The van der Waals surface area contributed by atoms with Gasteiger partial charge in [-0.1, -0.05) is 12.1 Å². The van der Waals surface area contributed by atoms with Crippen molar-refractivity contribution in [3.63, 3.8) is 0 Å². The van der Waals surface area contributed by atoms with E-state index in [9.17, 15) is 15.0 Å². The van der Waals surface area contributed by atoms with Crippen molar-refractivity contribution in [1.82, 2.24) is 4.90 Å². The van der Waals surface area contributed by atoms with Crippen LogP contribution in [0.1, 0.15) is 10.4 Å². The largest absolute Gasteiger partial charge is 0.504 e. The minimum absolute atomic E-state index is 0.0629. The quantitative estimate of drug-likeness (QED) is 0.592. The molecule has 0 atom stereocenters. The van der Waals surface area contributed by atoms with Gasteiger partial charge in [-0.25, -0.2) is 0 Å². The maximum absolute atomic E-state index is 12.2. The molecule has 0 aliphatic rings. The average Bonchev–Trinajstić information content (AvgIpc) is 2.37. The number of para-hydroxylation sites is 1. The van der Waals surface area contributed by atoms with Crippen LogP contribution in [0.5, 0.6) is 11.5 Å². The van der Waals surface area contributed by atoms with Gasteiger partial charge < -0.3 is 19.8 Å². The predicted octanol–water partition coefficient (Wildman–Crippen LogP) is 1.37. The number of nitrogens with zero attached hydrogens (tertiary/aromatic N) is 1. The van der Waals surface area contributed by atoms with E-state index in [1.54, 1.807) is 13.2 Å². The fraction of sp³-hybridized carbons (Fsp3) is 0.308. The summed E-state index contributed by atoms with van der Waals surface area (Å²) < 4.78 is 4.92. The van der Waals surface area contributed by atoms with E-state index in [4.69, 9.17) is 4.74 Å². The summed E-state index contributed by atoms with van der Waals surface area (Å²) in [5, 5.41) is 19.0. The molecule has 0 saturated carbocycles. The Morgan fingerprint density at radius 3 is 2.83 bits per heavy atom. The summed E-state index contributed by atoms with van der Waals surface area (Å²) in [4.78, 5) is 13.6. The SMILES string of the molecule is C=CCN(CCOC)C(=O)c1cccc(O)c1O. The molecule has 5 heteroatoms. The Morgan fingerprint density at radius 2 is 2.22 bits per heavy atom. The van der Waals surface area contributed by atoms with Crippen LogP contribution in [0.2, 0.25) is 0 Å². The highest BCUT2D eigenvalue weighted by Gasteiger charge is 2.19. The maximum Gasteiger partial charge on any atom is 0.258 e. The number of methoxy groups -OCH3 is 1. The van der Waals surface area contributed by atoms with Crippen molar-refractivity contribution < 1.29 is 19.7 Å². The molecule has 0 radical (unpaired) electrons. The van der Waals surface area contributed by atoms with E-state index in [0.717, 1.165) is 0 Å². The third-order valence-corrected chi connectivity index (χ3v) is 2.45. The minimum Gasteiger partial charge on any atom is -0.504 e. The zero-order valence-corrected chi connectivity index (χ0v) is 10.3. The van der Waals surface area contributed by atoms with E-state index in [-0.39, 0.29) is 17.2 Å². The standard InChI is InChI=1S/C13H17NO4/c1-3-7-14(8-9-18-2)13(17)10-5-4-6-11(15)12(10)16/h3-6,15-16H,1,7-9H2,2H3. The molecule has 0 saturated heterocycles. The molecule has 0 spiro atoms. The van der Waals surface area contributed by atoms with E-state index in [1.165, 1.54) is 23.1 Å². The van der Waals surface area contributed by atoms with Crippen molar-refractivity contribution in [3.05, 3.63) is 36.4 Å². The monoisotopic (exact) mass is 251 g/mol. The Hall–Kier alpha value is -2.01. The van der Waals surface area contributed by atoms with Crippen LogP contribution in [-0.2, 0) is 4.74 Å². The van der Waals surface area contributed by atoms with Crippen molar-refractivity contribution >= 4 is 5.91 Å². The topological polar surface area (TPSA) is 70.0 Å². The lowest BCUT2D eigenvalue weighted by molar-refractivity contribution is 0.0714. The number of phenolic OH excluding ortho intramolecular Hbond substituents is 2. The normalized spacial score (nSPS) is 10.1. The third kappa shape index (κ3) is 3.24. The van der Waals surface area contributed by atoms with Crippen molar-refractivity contribution in [2.24, 2.45) is 0 Å². The summed E-state index contributed by atoms with van der Waals surface area (Å²) in [6.45, 7) is 4.70. The van der Waals surface area contributed by atoms with Gasteiger partial charge in [-0.05, 0) is 12.1 Å². The highest BCUT2D eigenvalue weighted by Crippen LogP contribution is 2.29. The zero-order valence-electron chi connectivity index (χ0n) is 10.3. The highest BCUT2D eigenvalue weighted by atomic mass is 16.5. The number of amides is 1. The lowest BCUT2D eigenvalue weighted by Crippen LogP contribution is -2.34. The van der Waals surface area contributed by atoms with Gasteiger partial charge in [-0.3, -0.25) is 4.79 Å². The number of hydrogen-bond donors (Lipinski definition) is 2. The molecule has 0 heterocycles. The Balaban J connectivity index is 2.94. The fourth-order valence-corrected chi connectivity index (χ4v) is 1.51. The number of phenols is 2. The molecule has 1 aromatic rings. The van der Waals surface area contributed by atoms with Crippen LogP contribution in [0.15, 0.2) is 30.9 Å². The molecule has 0 fully saturated rings. The van der Waals surface area contributed by atoms with Crippen LogP contribution in [0.3, 0.4) is 0 Å². The Morgan fingerprint density at radius 1 is 1.50 bits per heavy atom. The first-order valence-electron chi connectivity index (χ1n) is 5.51. The first-order chi connectivity index (χ1) is 8.61. The Bertz CT molecular complexity index is 431. The molecular weight excluding hydrogens is 234 g/mol. The summed E-state index contributed by atoms with van der Waals surface area (Å²) in [5.74, 6) is -1.10. The molecule has 0 bridgehead atoms. The summed E-state index contributed by atoms with van der Waals surface area (Å²) in [6.07, 6.45) is 1.59. The number of benzene rings is 1. The summed E-state index contributed by atoms with van der Waals surface area (Å²) in [6, 6.07) is 4.28. The second-order valence-corrected chi connectivity index (χ2v) is 3.71. The molecule has 98 valence electrons. The van der Waals surface area contributed by atoms with E-state index in [1.807, 2.05) is 0 Å². The number of carbonyl (C=O) groups excluding carboxylic acids is 1.